The molecule has 100 valence electrons. The van der Waals surface area contributed by atoms with Crippen molar-refractivity contribution in [3.63, 3.8) is 0 Å². The lowest BCUT2D eigenvalue weighted by molar-refractivity contribution is 0.254. The van der Waals surface area contributed by atoms with E-state index in [0.717, 1.165) is 6.42 Å². The van der Waals surface area contributed by atoms with Gasteiger partial charge in [-0.15, -0.1) is 0 Å². The summed E-state index contributed by atoms with van der Waals surface area (Å²) < 4.78 is 27.2. The van der Waals surface area contributed by atoms with Crippen molar-refractivity contribution in [1.82, 2.24) is 4.31 Å². The van der Waals surface area contributed by atoms with Crippen molar-refractivity contribution in [1.29, 1.82) is 0 Å². The summed E-state index contributed by atoms with van der Waals surface area (Å²) in [5.41, 5.74) is 5.91. The molecule has 1 aliphatic heterocycles. The topological polar surface area (TPSA) is 63.4 Å². The van der Waals surface area contributed by atoms with Crippen LogP contribution < -0.4 is 5.73 Å². The van der Waals surface area contributed by atoms with Crippen molar-refractivity contribution in [2.24, 2.45) is 11.7 Å². The van der Waals surface area contributed by atoms with Gasteiger partial charge in [-0.25, -0.2) is 8.42 Å². The van der Waals surface area contributed by atoms with Gasteiger partial charge in [0.2, 0.25) is 10.0 Å². The van der Waals surface area contributed by atoms with E-state index in [4.69, 9.17) is 5.73 Å². The van der Waals surface area contributed by atoms with Crippen molar-refractivity contribution in [2.75, 3.05) is 13.1 Å². The van der Waals surface area contributed by atoms with Crippen LogP contribution in [0.4, 0.5) is 0 Å². The Labute approximate surface area is 116 Å². The molecule has 18 heavy (non-hydrogen) atoms. The molecule has 0 amide bonds. The van der Waals surface area contributed by atoms with Crippen LogP contribution in [0.25, 0.3) is 0 Å². The van der Waals surface area contributed by atoms with Gasteiger partial charge in [0, 0.05) is 23.6 Å². The van der Waals surface area contributed by atoms with E-state index in [-0.39, 0.29) is 6.04 Å². The molecule has 2 atom stereocenters. The number of rotatable bonds is 2. The second-order valence-corrected chi connectivity index (χ2v) is 7.61. The summed E-state index contributed by atoms with van der Waals surface area (Å²) in [7, 11) is -3.45. The second kappa shape index (κ2) is 5.28. The molecule has 0 radical (unpaired) electrons. The fourth-order valence-corrected chi connectivity index (χ4v) is 4.92. The quantitative estimate of drug-likeness (QED) is 0.898. The van der Waals surface area contributed by atoms with Crippen molar-refractivity contribution in [2.45, 2.75) is 24.3 Å². The standard InChI is InChI=1S/C12H17BrN2O2S/c1-9-6-10(14)8-15(7-9)18(16,17)12-5-3-2-4-11(12)13/h2-5,9-10H,6-8,14H2,1H3. The normalized spacial score (nSPS) is 26.2. The highest BCUT2D eigenvalue weighted by atomic mass is 79.9. The van der Waals surface area contributed by atoms with Crippen molar-refractivity contribution in [3.8, 4) is 0 Å². The Kier molecular flexibility index (Phi) is 4.11. The molecular weight excluding hydrogens is 316 g/mol. The van der Waals surface area contributed by atoms with Crippen LogP contribution in [0.5, 0.6) is 0 Å². The molecule has 0 saturated carbocycles. The van der Waals surface area contributed by atoms with E-state index < -0.39 is 10.0 Å². The minimum Gasteiger partial charge on any atom is -0.326 e. The molecule has 0 aliphatic carbocycles. The molecule has 0 bridgehead atoms. The highest BCUT2D eigenvalue weighted by Gasteiger charge is 2.32. The summed E-state index contributed by atoms with van der Waals surface area (Å²) in [4.78, 5) is 0.311. The van der Waals surface area contributed by atoms with Gasteiger partial charge < -0.3 is 5.73 Å². The van der Waals surface area contributed by atoms with Crippen molar-refractivity contribution >= 4 is 26.0 Å². The van der Waals surface area contributed by atoms with Crippen LogP contribution in [0.2, 0.25) is 0 Å². The Hall–Kier alpha value is -0.430. The molecule has 1 saturated heterocycles. The molecule has 2 unspecified atom stereocenters. The predicted molar refractivity (Wildman–Crippen MR) is 74.7 cm³/mol. The first-order chi connectivity index (χ1) is 8.41. The maximum Gasteiger partial charge on any atom is 0.244 e. The Bertz CT molecular complexity index is 523. The van der Waals surface area contributed by atoms with Gasteiger partial charge in [0.15, 0.2) is 0 Å². The fraction of sp³-hybridized carbons (Fsp3) is 0.500. The zero-order valence-corrected chi connectivity index (χ0v) is 12.6. The fourth-order valence-electron chi connectivity index (χ4n) is 2.34. The number of sulfonamides is 1. The van der Waals surface area contributed by atoms with Crippen LogP contribution in [0, 0.1) is 5.92 Å². The summed E-state index contributed by atoms with van der Waals surface area (Å²) in [6.45, 7) is 2.97. The zero-order valence-electron chi connectivity index (χ0n) is 10.2. The van der Waals surface area contributed by atoms with Gasteiger partial charge >= 0.3 is 0 Å². The van der Waals surface area contributed by atoms with Gasteiger partial charge in [0.25, 0.3) is 0 Å². The van der Waals surface area contributed by atoms with E-state index >= 15 is 0 Å². The number of benzene rings is 1. The van der Waals surface area contributed by atoms with Gasteiger partial charge in [-0.05, 0) is 40.4 Å². The molecule has 2 rings (SSSR count). The van der Waals surface area contributed by atoms with Crippen molar-refractivity contribution in [3.05, 3.63) is 28.7 Å². The Morgan fingerprint density at radius 3 is 2.61 bits per heavy atom. The molecule has 1 fully saturated rings. The van der Waals surface area contributed by atoms with Crippen LogP contribution in [-0.4, -0.2) is 31.9 Å². The first kappa shape index (κ1) is 14.0. The van der Waals surface area contributed by atoms with Gasteiger partial charge in [0.05, 0.1) is 4.90 Å². The summed E-state index contributed by atoms with van der Waals surface area (Å²) in [5.74, 6) is 0.297. The lowest BCUT2D eigenvalue weighted by Crippen LogP contribution is -2.48. The predicted octanol–water partition coefficient (Wildman–Crippen LogP) is 1.81. The third kappa shape index (κ3) is 2.77. The number of halogens is 1. The second-order valence-electron chi connectivity index (χ2n) is 4.85. The number of nitrogens with two attached hydrogens (primary N) is 1. The summed E-state index contributed by atoms with van der Waals surface area (Å²) in [6, 6.07) is 6.80. The molecule has 2 N–H and O–H groups in total. The SMILES string of the molecule is CC1CC(N)CN(S(=O)(=O)c2ccccc2Br)C1. The van der Waals surface area contributed by atoms with Crippen LogP contribution in [0.3, 0.4) is 0 Å². The molecule has 1 aromatic carbocycles. The molecular formula is C12H17BrN2O2S. The number of hydrogen-bond acceptors (Lipinski definition) is 3. The van der Waals surface area contributed by atoms with Gasteiger partial charge in [-0.3, -0.25) is 0 Å². The van der Waals surface area contributed by atoms with E-state index in [1.807, 2.05) is 6.92 Å². The molecule has 1 heterocycles. The average molecular weight is 333 g/mol. The summed E-state index contributed by atoms with van der Waals surface area (Å²) in [5, 5.41) is 0. The molecule has 0 aromatic heterocycles. The molecule has 1 aliphatic rings. The monoisotopic (exact) mass is 332 g/mol. The van der Waals surface area contributed by atoms with E-state index in [9.17, 15) is 8.42 Å². The largest absolute Gasteiger partial charge is 0.326 e. The minimum atomic E-state index is -3.45. The van der Waals surface area contributed by atoms with Gasteiger partial charge in [-0.1, -0.05) is 19.1 Å². The highest BCUT2D eigenvalue weighted by Crippen LogP contribution is 2.27. The smallest absolute Gasteiger partial charge is 0.244 e. The third-order valence-corrected chi connectivity index (χ3v) is 5.96. The minimum absolute atomic E-state index is 0.0778. The van der Waals surface area contributed by atoms with Crippen LogP contribution in [-0.2, 0) is 10.0 Å². The third-order valence-electron chi connectivity index (χ3n) is 3.11. The average Bonchev–Trinajstić information content (AvgIpc) is 2.28. The molecule has 4 nitrogen and oxygen atoms in total. The Morgan fingerprint density at radius 1 is 1.33 bits per heavy atom. The van der Waals surface area contributed by atoms with E-state index in [1.54, 1.807) is 24.3 Å². The highest BCUT2D eigenvalue weighted by molar-refractivity contribution is 9.10. The molecule has 6 heteroatoms. The van der Waals surface area contributed by atoms with E-state index in [2.05, 4.69) is 15.9 Å². The first-order valence-corrected chi connectivity index (χ1v) is 8.15. The number of hydrogen-bond donors (Lipinski definition) is 1. The van der Waals surface area contributed by atoms with Gasteiger partial charge in [-0.2, -0.15) is 4.31 Å². The Morgan fingerprint density at radius 2 is 2.00 bits per heavy atom. The van der Waals surface area contributed by atoms with E-state index in [1.165, 1.54) is 4.31 Å². The summed E-state index contributed by atoms with van der Waals surface area (Å²) in [6.07, 6.45) is 0.877. The van der Waals surface area contributed by atoms with Crippen LogP contribution in [0.15, 0.2) is 33.6 Å². The summed E-state index contributed by atoms with van der Waals surface area (Å²) >= 11 is 3.29. The van der Waals surface area contributed by atoms with Crippen LogP contribution in [0.1, 0.15) is 13.3 Å². The Balaban J connectivity index is 2.34. The number of piperidine rings is 1. The zero-order chi connectivity index (χ0) is 13.3. The lowest BCUT2D eigenvalue weighted by atomic mass is 9.99. The first-order valence-electron chi connectivity index (χ1n) is 5.91. The maximum atomic E-state index is 12.5. The number of nitrogens with zero attached hydrogens (tertiary/aromatic N) is 1. The molecule has 1 aromatic rings. The molecule has 0 spiro atoms. The van der Waals surface area contributed by atoms with Gasteiger partial charge in [0.1, 0.15) is 0 Å². The maximum absolute atomic E-state index is 12.5. The van der Waals surface area contributed by atoms with E-state index in [0.29, 0.717) is 28.4 Å². The lowest BCUT2D eigenvalue weighted by Gasteiger charge is -2.34. The van der Waals surface area contributed by atoms with Crippen molar-refractivity contribution < 1.29 is 8.42 Å². The van der Waals surface area contributed by atoms with Crippen LogP contribution >= 0.6 is 15.9 Å².